The molecular weight excluding hydrogens is 278 g/mol. The molecule has 1 aliphatic carbocycles. The topological polar surface area (TPSA) is 55.4 Å². The molecule has 0 bridgehead atoms. The maximum Gasteiger partial charge on any atom is 0.407 e. The van der Waals surface area contributed by atoms with E-state index in [2.05, 4.69) is 5.32 Å². The second-order valence-corrected chi connectivity index (χ2v) is 6.42. The van der Waals surface area contributed by atoms with E-state index in [1.165, 1.54) is 0 Å². The summed E-state index contributed by atoms with van der Waals surface area (Å²) >= 11 is 0. The lowest BCUT2D eigenvalue weighted by atomic mass is 10.0. The Morgan fingerprint density at radius 1 is 1.32 bits per heavy atom. The molecule has 4 nitrogen and oxygen atoms in total. The maximum atomic E-state index is 11.7. The Morgan fingerprint density at radius 3 is 2.82 bits per heavy atom. The molecule has 0 radical (unpaired) electrons. The van der Waals surface area contributed by atoms with Crippen LogP contribution in [0.4, 0.5) is 4.79 Å². The summed E-state index contributed by atoms with van der Waals surface area (Å²) in [5, 5.41) is 2.72. The van der Waals surface area contributed by atoms with E-state index in [9.17, 15) is 9.59 Å². The quantitative estimate of drug-likeness (QED) is 0.862. The van der Waals surface area contributed by atoms with Crippen molar-refractivity contribution in [2.24, 2.45) is 0 Å². The van der Waals surface area contributed by atoms with Gasteiger partial charge in [-0.05, 0) is 44.7 Å². The zero-order valence-corrected chi connectivity index (χ0v) is 13.4. The summed E-state index contributed by atoms with van der Waals surface area (Å²) < 4.78 is 5.16. The van der Waals surface area contributed by atoms with Crippen molar-refractivity contribution in [1.29, 1.82) is 0 Å². The molecule has 0 aliphatic heterocycles. The van der Waals surface area contributed by atoms with Crippen LogP contribution in [0.5, 0.6) is 0 Å². The van der Waals surface area contributed by atoms with Gasteiger partial charge in [0.25, 0.3) is 0 Å². The van der Waals surface area contributed by atoms with Gasteiger partial charge in [-0.25, -0.2) is 4.79 Å². The SMILES string of the molecule is CC(C)(C)OC(=O)NCCC=Cc1cccc2c1CCC2=O. The lowest BCUT2D eigenvalue weighted by Gasteiger charge is -2.19. The number of benzene rings is 1. The Bertz CT molecular complexity index is 597. The molecule has 0 atom stereocenters. The van der Waals surface area contributed by atoms with E-state index in [4.69, 9.17) is 4.74 Å². The first-order valence-electron chi connectivity index (χ1n) is 7.65. The zero-order chi connectivity index (χ0) is 16.2. The highest BCUT2D eigenvalue weighted by Crippen LogP contribution is 2.26. The van der Waals surface area contributed by atoms with Crippen molar-refractivity contribution in [3.63, 3.8) is 0 Å². The number of Topliss-reactive ketones (excluding diaryl/α,β-unsaturated/α-hetero) is 1. The molecule has 118 valence electrons. The molecule has 0 unspecified atom stereocenters. The molecule has 0 spiro atoms. The molecule has 0 heterocycles. The molecular formula is C18H23NO3. The van der Waals surface area contributed by atoms with Gasteiger partial charge in [0.1, 0.15) is 5.60 Å². The molecule has 1 N–H and O–H groups in total. The Kier molecular flexibility index (Phi) is 5.01. The summed E-state index contributed by atoms with van der Waals surface area (Å²) in [4.78, 5) is 23.2. The second-order valence-electron chi connectivity index (χ2n) is 6.42. The van der Waals surface area contributed by atoms with E-state index in [0.717, 1.165) is 29.5 Å². The maximum absolute atomic E-state index is 11.7. The van der Waals surface area contributed by atoms with Crippen molar-refractivity contribution >= 4 is 18.0 Å². The predicted molar refractivity (Wildman–Crippen MR) is 87.0 cm³/mol. The van der Waals surface area contributed by atoms with Crippen molar-refractivity contribution in [2.75, 3.05) is 6.54 Å². The summed E-state index contributed by atoms with van der Waals surface area (Å²) in [6.07, 6.45) is 5.79. The number of alkyl carbamates (subject to hydrolysis) is 1. The van der Waals surface area contributed by atoms with Crippen molar-refractivity contribution in [3.05, 3.63) is 41.0 Å². The molecule has 22 heavy (non-hydrogen) atoms. The average Bonchev–Trinajstić information content (AvgIpc) is 2.79. The van der Waals surface area contributed by atoms with Gasteiger partial charge in [0.15, 0.2) is 5.78 Å². The third kappa shape index (κ3) is 4.45. The highest BCUT2D eigenvalue weighted by atomic mass is 16.6. The van der Waals surface area contributed by atoms with E-state index >= 15 is 0 Å². The first-order valence-corrected chi connectivity index (χ1v) is 7.65. The van der Waals surface area contributed by atoms with Gasteiger partial charge in [-0.15, -0.1) is 0 Å². The molecule has 0 aromatic heterocycles. The zero-order valence-electron chi connectivity index (χ0n) is 13.4. The Balaban J connectivity index is 1.82. The van der Waals surface area contributed by atoms with Crippen LogP contribution in [-0.4, -0.2) is 24.0 Å². The van der Waals surface area contributed by atoms with Crippen LogP contribution in [0.3, 0.4) is 0 Å². The lowest BCUT2D eigenvalue weighted by molar-refractivity contribution is 0.0528. The number of amides is 1. The second kappa shape index (κ2) is 6.77. The van der Waals surface area contributed by atoms with Crippen LogP contribution >= 0.6 is 0 Å². The number of carbonyl (C=O) groups is 2. The number of hydrogen-bond acceptors (Lipinski definition) is 3. The third-order valence-corrected chi connectivity index (χ3v) is 3.39. The fourth-order valence-corrected chi connectivity index (χ4v) is 2.46. The van der Waals surface area contributed by atoms with Crippen LogP contribution < -0.4 is 5.32 Å². The third-order valence-electron chi connectivity index (χ3n) is 3.39. The first-order chi connectivity index (χ1) is 10.4. The molecule has 0 saturated heterocycles. The van der Waals surface area contributed by atoms with Crippen LogP contribution in [0.15, 0.2) is 24.3 Å². The van der Waals surface area contributed by atoms with Crippen molar-refractivity contribution in [3.8, 4) is 0 Å². The van der Waals surface area contributed by atoms with Crippen LogP contribution in [0.1, 0.15) is 55.1 Å². The predicted octanol–water partition coefficient (Wildman–Crippen LogP) is 3.74. The van der Waals surface area contributed by atoms with Crippen molar-refractivity contribution in [1.82, 2.24) is 5.32 Å². The molecule has 0 fully saturated rings. The number of hydrogen-bond donors (Lipinski definition) is 1. The van der Waals surface area contributed by atoms with E-state index in [-0.39, 0.29) is 5.78 Å². The monoisotopic (exact) mass is 301 g/mol. The van der Waals surface area contributed by atoms with Gasteiger partial charge in [-0.2, -0.15) is 0 Å². The molecule has 1 aliphatic rings. The van der Waals surface area contributed by atoms with Crippen molar-refractivity contribution < 1.29 is 14.3 Å². The molecule has 0 saturated carbocycles. The summed E-state index contributed by atoms with van der Waals surface area (Å²) in [5.74, 6) is 0.233. The van der Waals surface area contributed by atoms with Crippen LogP contribution in [0, 0.1) is 0 Å². The average molecular weight is 301 g/mol. The highest BCUT2D eigenvalue weighted by Gasteiger charge is 2.20. The van der Waals surface area contributed by atoms with E-state index in [1.54, 1.807) is 0 Å². The number of nitrogens with one attached hydrogen (secondary N) is 1. The normalized spacial score (nSPS) is 14.2. The summed E-state index contributed by atoms with van der Waals surface area (Å²) in [5.41, 5.74) is 2.62. The Hall–Kier alpha value is -2.10. The standard InChI is InChI=1S/C18H23NO3/c1-18(2,3)22-17(21)19-12-5-4-7-13-8-6-9-15-14(13)10-11-16(15)20/h4,6-9H,5,10-12H2,1-3H3,(H,19,21). The summed E-state index contributed by atoms with van der Waals surface area (Å²) in [7, 11) is 0. The summed E-state index contributed by atoms with van der Waals surface area (Å²) in [6.45, 7) is 6.04. The van der Waals surface area contributed by atoms with E-state index in [0.29, 0.717) is 13.0 Å². The smallest absolute Gasteiger partial charge is 0.407 e. The van der Waals surface area contributed by atoms with E-state index in [1.807, 2.05) is 51.1 Å². The van der Waals surface area contributed by atoms with Gasteiger partial charge in [-0.3, -0.25) is 4.79 Å². The molecule has 1 aromatic carbocycles. The highest BCUT2D eigenvalue weighted by molar-refractivity contribution is 6.01. The Labute approximate surface area is 131 Å². The number of rotatable bonds is 4. The lowest BCUT2D eigenvalue weighted by Crippen LogP contribution is -2.32. The number of ketones is 1. The largest absolute Gasteiger partial charge is 0.444 e. The fraction of sp³-hybridized carbons (Fsp3) is 0.444. The number of carbonyl (C=O) groups excluding carboxylic acids is 2. The van der Waals surface area contributed by atoms with Gasteiger partial charge in [0.2, 0.25) is 0 Å². The minimum absolute atomic E-state index is 0.233. The van der Waals surface area contributed by atoms with Gasteiger partial charge < -0.3 is 10.1 Å². The van der Waals surface area contributed by atoms with Crippen LogP contribution in [-0.2, 0) is 11.2 Å². The van der Waals surface area contributed by atoms with Gasteiger partial charge in [0, 0.05) is 18.5 Å². The minimum Gasteiger partial charge on any atom is -0.444 e. The molecule has 1 amide bonds. The number of fused-ring (bicyclic) bond motifs is 1. The molecule has 4 heteroatoms. The Morgan fingerprint density at radius 2 is 2.09 bits per heavy atom. The minimum atomic E-state index is -0.475. The first kappa shape index (κ1) is 16.3. The molecule has 1 aromatic rings. The van der Waals surface area contributed by atoms with Crippen LogP contribution in [0.25, 0.3) is 6.08 Å². The number of ether oxygens (including phenoxy) is 1. The van der Waals surface area contributed by atoms with Gasteiger partial charge >= 0.3 is 6.09 Å². The van der Waals surface area contributed by atoms with E-state index < -0.39 is 11.7 Å². The fourth-order valence-electron chi connectivity index (χ4n) is 2.46. The molecule has 2 rings (SSSR count). The van der Waals surface area contributed by atoms with Gasteiger partial charge in [0.05, 0.1) is 0 Å². The van der Waals surface area contributed by atoms with Gasteiger partial charge in [-0.1, -0.05) is 30.4 Å². The summed E-state index contributed by atoms with van der Waals surface area (Å²) in [6, 6.07) is 5.84. The van der Waals surface area contributed by atoms with Crippen molar-refractivity contribution in [2.45, 2.75) is 45.6 Å². The van der Waals surface area contributed by atoms with Crippen LogP contribution in [0.2, 0.25) is 0 Å².